The fourth-order valence-electron chi connectivity index (χ4n) is 2.96. The quantitative estimate of drug-likeness (QED) is 0.804. The Balaban J connectivity index is 1.81. The standard InChI is InChI=1S/C14H20N2O/c15-14-11-6-2-3-7-13(11)17-10-12(14)16-8-4-1-5-9-16/h2-3,6-7,12,14H,1,4-5,8-10,15H2. The molecule has 3 nitrogen and oxygen atoms in total. The van der Waals surface area contributed by atoms with E-state index in [4.69, 9.17) is 10.5 Å². The van der Waals surface area contributed by atoms with E-state index in [1.807, 2.05) is 18.2 Å². The number of benzene rings is 1. The highest BCUT2D eigenvalue weighted by Crippen LogP contribution is 2.33. The van der Waals surface area contributed by atoms with Gasteiger partial charge in [0.1, 0.15) is 12.4 Å². The number of fused-ring (bicyclic) bond motifs is 1. The van der Waals surface area contributed by atoms with E-state index in [2.05, 4.69) is 11.0 Å². The third-order valence-corrected chi connectivity index (χ3v) is 3.96. The molecule has 0 amide bonds. The molecule has 0 radical (unpaired) electrons. The van der Waals surface area contributed by atoms with E-state index in [9.17, 15) is 0 Å². The van der Waals surface area contributed by atoms with Crippen molar-refractivity contribution in [2.45, 2.75) is 31.3 Å². The Labute approximate surface area is 103 Å². The van der Waals surface area contributed by atoms with E-state index in [0.29, 0.717) is 6.04 Å². The van der Waals surface area contributed by atoms with E-state index in [1.54, 1.807) is 0 Å². The van der Waals surface area contributed by atoms with E-state index < -0.39 is 0 Å². The summed E-state index contributed by atoms with van der Waals surface area (Å²) in [5.74, 6) is 0.966. The number of para-hydroxylation sites is 1. The van der Waals surface area contributed by atoms with Crippen LogP contribution in [0.2, 0.25) is 0 Å². The van der Waals surface area contributed by atoms with E-state index in [0.717, 1.165) is 17.9 Å². The van der Waals surface area contributed by atoms with Gasteiger partial charge in [-0.05, 0) is 32.0 Å². The number of rotatable bonds is 1. The van der Waals surface area contributed by atoms with Gasteiger partial charge in [0, 0.05) is 5.56 Å². The van der Waals surface area contributed by atoms with Crippen molar-refractivity contribution in [3.63, 3.8) is 0 Å². The Morgan fingerprint density at radius 1 is 1.12 bits per heavy atom. The van der Waals surface area contributed by atoms with Crippen molar-refractivity contribution in [3.8, 4) is 5.75 Å². The monoisotopic (exact) mass is 232 g/mol. The first-order chi connectivity index (χ1) is 8.36. The smallest absolute Gasteiger partial charge is 0.124 e. The Morgan fingerprint density at radius 3 is 2.71 bits per heavy atom. The Bertz CT molecular complexity index is 388. The molecule has 0 aromatic heterocycles. The second-order valence-electron chi connectivity index (χ2n) is 5.04. The molecule has 1 fully saturated rings. The molecule has 3 rings (SSSR count). The highest BCUT2D eigenvalue weighted by Gasteiger charge is 2.32. The zero-order chi connectivity index (χ0) is 11.7. The van der Waals surface area contributed by atoms with Gasteiger partial charge in [0.05, 0.1) is 12.1 Å². The SMILES string of the molecule is NC1c2ccccc2OCC1N1CCCCC1. The van der Waals surface area contributed by atoms with Gasteiger partial charge in [-0.3, -0.25) is 4.90 Å². The molecule has 3 heteroatoms. The van der Waals surface area contributed by atoms with Crippen molar-refractivity contribution in [2.75, 3.05) is 19.7 Å². The minimum absolute atomic E-state index is 0.0954. The van der Waals surface area contributed by atoms with Crippen LogP contribution in [0.4, 0.5) is 0 Å². The summed E-state index contributed by atoms with van der Waals surface area (Å²) in [4.78, 5) is 2.50. The number of nitrogens with two attached hydrogens (primary N) is 1. The van der Waals surface area contributed by atoms with Gasteiger partial charge in [-0.15, -0.1) is 0 Å². The Morgan fingerprint density at radius 2 is 1.88 bits per heavy atom. The molecule has 0 aliphatic carbocycles. The first-order valence-corrected chi connectivity index (χ1v) is 6.57. The lowest BCUT2D eigenvalue weighted by atomic mass is 9.94. The molecule has 0 bridgehead atoms. The first-order valence-electron chi connectivity index (χ1n) is 6.57. The average molecular weight is 232 g/mol. The van der Waals surface area contributed by atoms with Crippen LogP contribution in [0.5, 0.6) is 5.75 Å². The van der Waals surface area contributed by atoms with E-state index in [1.165, 1.54) is 32.4 Å². The predicted octanol–water partition coefficient (Wildman–Crippen LogP) is 1.93. The van der Waals surface area contributed by atoms with Gasteiger partial charge in [-0.25, -0.2) is 0 Å². The third-order valence-electron chi connectivity index (χ3n) is 3.96. The van der Waals surface area contributed by atoms with Crippen LogP contribution in [-0.2, 0) is 0 Å². The molecular weight excluding hydrogens is 212 g/mol. The molecule has 2 atom stereocenters. The van der Waals surface area contributed by atoms with E-state index in [-0.39, 0.29) is 6.04 Å². The van der Waals surface area contributed by atoms with Crippen LogP contribution in [0.1, 0.15) is 30.9 Å². The minimum atomic E-state index is 0.0954. The number of hydrogen-bond acceptors (Lipinski definition) is 3. The van der Waals surface area contributed by atoms with Crippen molar-refractivity contribution in [2.24, 2.45) is 5.73 Å². The summed E-state index contributed by atoms with van der Waals surface area (Å²) in [6.07, 6.45) is 3.95. The lowest BCUT2D eigenvalue weighted by Crippen LogP contribution is -2.50. The molecule has 2 aliphatic rings. The number of likely N-dealkylation sites (tertiary alicyclic amines) is 1. The van der Waals surface area contributed by atoms with Gasteiger partial charge in [0.2, 0.25) is 0 Å². The molecule has 1 aromatic rings. The lowest BCUT2D eigenvalue weighted by molar-refractivity contribution is 0.0816. The fraction of sp³-hybridized carbons (Fsp3) is 0.571. The Kier molecular flexibility index (Phi) is 3.04. The normalized spacial score (nSPS) is 29.5. The molecule has 17 heavy (non-hydrogen) atoms. The summed E-state index contributed by atoms with van der Waals surface area (Å²) in [6.45, 7) is 3.08. The topological polar surface area (TPSA) is 38.5 Å². The second kappa shape index (κ2) is 4.67. The summed E-state index contributed by atoms with van der Waals surface area (Å²) in [5, 5.41) is 0. The summed E-state index contributed by atoms with van der Waals surface area (Å²) >= 11 is 0. The molecule has 1 saturated heterocycles. The molecule has 2 N–H and O–H groups in total. The third kappa shape index (κ3) is 2.05. The maximum atomic E-state index is 6.40. The van der Waals surface area contributed by atoms with Gasteiger partial charge in [0.15, 0.2) is 0 Å². The summed E-state index contributed by atoms with van der Waals surface area (Å²) in [6, 6.07) is 8.61. The molecule has 92 valence electrons. The summed E-state index contributed by atoms with van der Waals surface area (Å²) in [7, 11) is 0. The van der Waals surface area contributed by atoms with Crippen LogP contribution < -0.4 is 10.5 Å². The van der Waals surface area contributed by atoms with Crippen molar-refractivity contribution in [1.29, 1.82) is 0 Å². The van der Waals surface area contributed by atoms with Crippen LogP contribution >= 0.6 is 0 Å². The average Bonchev–Trinajstić information content (AvgIpc) is 2.40. The number of piperidine rings is 1. The molecule has 1 aromatic carbocycles. The Hall–Kier alpha value is -1.06. The maximum Gasteiger partial charge on any atom is 0.124 e. The highest BCUT2D eigenvalue weighted by molar-refractivity contribution is 5.38. The van der Waals surface area contributed by atoms with Gasteiger partial charge in [0.25, 0.3) is 0 Å². The van der Waals surface area contributed by atoms with Crippen molar-refractivity contribution < 1.29 is 4.74 Å². The predicted molar refractivity (Wildman–Crippen MR) is 68.1 cm³/mol. The van der Waals surface area contributed by atoms with Gasteiger partial charge in [-0.1, -0.05) is 24.6 Å². The summed E-state index contributed by atoms with van der Waals surface area (Å²) < 4.78 is 5.84. The molecule has 2 heterocycles. The largest absolute Gasteiger partial charge is 0.492 e. The maximum absolute atomic E-state index is 6.40. The first kappa shape index (κ1) is 11.1. The zero-order valence-corrected chi connectivity index (χ0v) is 10.1. The number of nitrogens with zero attached hydrogens (tertiary/aromatic N) is 1. The summed E-state index contributed by atoms with van der Waals surface area (Å²) in [5.41, 5.74) is 7.56. The van der Waals surface area contributed by atoms with Crippen LogP contribution in [0.3, 0.4) is 0 Å². The van der Waals surface area contributed by atoms with Crippen molar-refractivity contribution >= 4 is 0 Å². The molecular formula is C14H20N2O. The second-order valence-corrected chi connectivity index (χ2v) is 5.04. The van der Waals surface area contributed by atoms with Crippen molar-refractivity contribution in [1.82, 2.24) is 4.90 Å². The number of ether oxygens (including phenoxy) is 1. The molecule has 2 unspecified atom stereocenters. The lowest BCUT2D eigenvalue weighted by Gasteiger charge is -2.40. The van der Waals surface area contributed by atoms with Gasteiger partial charge in [-0.2, -0.15) is 0 Å². The molecule has 2 aliphatic heterocycles. The van der Waals surface area contributed by atoms with Crippen LogP contribution in [0, 0.1) is 0 Å². The van der Waals surface area contributed by atoms with Gasteiger partial charge < -0.3 is 10.5 Å². The van der Waals surface area contributed by atoms with Crippen LogP contribution in [0.25, 0.3) is 0 Å². The van der Waals surface area contributed by atoms with Crippen LogP contribution in [-0.4, -0.2) is 30.6 Å². The van der Waals surface area contributed by atoms with Crippen LogP contribution in [0.15, 0.2) is 24.3 Å². The molecule has 0 saturated carbocycles. The fourth-order valence-corrected chi connectivity index (χ4v) is 2.96. The van der Waals surface area contributed by atoms with E-state index >= 15 is 0 Å². The highest BCUT2D eigenvalue weighted by atomic mass is 16.5. The van der Waals surface area contributed by atoms with Crippen molar-refractivity contribution in [3.05, 3.63) is 29.8 Å². The molecule has 0 spiro atoms. The number of hydrogen-bond donors (Lipinski definition) is 1. The zero-order valence-electron chi connectivity index (χ0n) is 10.1. The van der Waals surface area contributed by atoms with Gasteiger partial charge >= 0.3 is 0 Å². The minimum Gasteiger partial charge on any atom is -0.492 e.